The average molecular weight is 445 g/mol. The van der Waals surface area contributed by atoms with Gasteiger partial charge in [-0.3, -0.25) is 4.79 Å². The van der Waals surface area contributed by atoms with Gasteiger partial charge in [-0.25, -0.2) is 0 Å². The minimum Gasteiger partial charge on any atom is -0.490 e. The molecule has 5 rings (SSSR count). The second kappa shape index (κ2) is 7.64. The highest BCUT2D eigenvalue weighted by atomic mass is 19.4. The smallest absolute Gasteiger partial charge is 0.416 e. The van der Waals surface area contributed by atoms with E-state index in [2.05, 4.69) is 0 Å². The van der Waals surface area contributed by atoms with E-state index in [0.29, 0.717) is 37.2 Å². The summed E-state index contributed by atoms with van der Waals surface area (Å²) in [5.74, 6) is 0.346. The van der Waals surface area contributed by atoms with Gasteiger partial charge in [-0.05, 0) is 53.1 Å². The van der Waals surface area contributed by atoms with Crippen LogP contribution in [-0.2, 0) is 16.5 Å². The summed E-state index contributed by atoms with van der Waals surface area (Å²) in [5.41, 5.74) is 1.97. The van der Waals surface area contributed by atoms with Gasteiger partial charge in [-0.1, -0.05) is 12.1 Å². The molecule has 2 heterocycles. The molecule has 0 aromatic heterocycles. The van der Waals surface area contributed by atoms with Crippen LogP contribution >= 0.6 is 0 Å². The van der Waals surface area contributed by atoms with Gasteiger partial charge in [0.1, 0.15) is 17.5 Å². The standard InChI is InChI=1S/C24H22F3NO4/c25-24(26,27)19-5-7-20(8-6-19)32-21-9-16-11-28(12-17(16)10-21)22(29)15-1-3-18(4-2-15)23(30)13-31-14-23/h1-8,21,30H,9-14H2. The van der Waals surface area contributed by atoms with Gasteiger partial charge < -0.3 is 19.5 Å². The van der Waals surface area contributed by atoms with Crippen LogP contribution in [0.15, 0.2) is 59.7 Å². The summed E-state index contributed by atoms with van der Waals surface area (Å²) in [6.07, 6.45) is -3.17. The molecular formula is C24H22F3NO4. The van der Waals surface area contributed by atoms with Crippen molar-refractivity contribution in [2.75, 3.05) is 26.3 Å². The Morgan fingerprint density at radius 2 is 1.59 bits per heavy atom. The second-order valence-electron chi connectivity index (χ2n) is 8.64. The molecule has 1 aliphatic carbocycles. The van der Waals surface area contributed by atoms with Crippen molar-refractivity contribution >= 4 is 5.91 Å². The maximum atomic E-state index is 12.9. The molecule has 0 spiro atoms. The number of aliphatic hydroxyl groups is 1. The fourth-order valence-corrected chi connectivity index (χ4v) is 4.49. The van der Waals surface area contributed by atoms with E-state index in [9.17, 15) is 23.1 Å². The number of benzene rings is 2. The van der Waals surface area contributed by atoms with Gasteiger partial charge in [0.15, 0.2) is 0 Å². The number of rotatable bonds is 4. The molecule has 2 aromatic carbocycles. The van der Waals surface area contributed by atoms with Crippen LogP contribution in [0.5, 0.6) is 5.75 Å². The van der Waals surface area contributed by atoms with Crippen molar-refractivity contribution in [1.29, 1.82) is 0 Å². The number of hydrogen-bond acceptors (Lipinski definition) is 4. The molecule has 5 nitrogen and oxygen atoms in total. The van der Waals surface area contributed by atoms with E-state index in [1.165, 1.54) is 12.1 Å². The molecule has 0 bridgehead atoms. The summed E-state index contributed by atoms with van der Waals surface area (Å²) in [5, 5.41) is 10.3. The average Bonchev–Trinajstić information content (AvgIpc) is 3.30. The molecule has 1 amide bonds. The third-order valence-electron chi connectivity index (χ3n) is 6.33. The summed E-state index contributed by atoms with van der Waals surface area (Å²) in [6, 6.07) is 11.7. The van der Waals surface area contributed by atoms with E-state index in [4.69, 9.17) is 9.47 Å². The number of carbonyl (C=O) groups is 1. The van der Waals surface area contributed by atoms with Crippen LogP contribution in [0.1, 0.15) is 34.3 Å². The zero-order valence-electron chi connectivity index (χ0n) is 17.2. The van der Waals surface area contributed by atoms with Gasteiger partial charge >= 0.3 is 6.18 Å². The van der Waals surface area contributed by atoms with Crippen LogP contribution in [-0.4, -0.2) is 48.3 Å². The highest BCUT2D eigenvalue weighted by molar-refractivity contribution is 5.95. The summed E-state index contributed by atoms with van der Waals surface area (Å²) in [6.45, 7) is 1.58. The Morgan fingerprint density at radius 1 is 1.00 bits per heavy atom. The van der Waals surface area contributed by atoms with E-state index in [-0.39, 0.29) is 25.2 Å². The molecule has 0 radical (unpaired) electrons. The van der Waals surface area contributed by atoms with E-state index in [1.807, 2.05) is 0 Å². The lowest BCUT2D eigenvalue weighted by molar-refractivity contribution is -0.184. The molecule has 0 unspecified atom stereocenters. The molecular weight excluding hydrogens is 423 g/mol. The Bertz CT molecular complexity index is 1040. The zero-order valence-corrected chi connectivity index (χ0v) is 17.2. The lowest BCUT2D eigenvalue weighted by Gasteiger charge is -2.36. The van der Waals surface area contributed by atoms with Crippen LogP contribution in [0.4, 0.5) is 13.2 Å². The fraction of sp³-hybridized carbons (Fsp3) is 0.375. The van der Waals surface area contributed by atoms with Crippen molar-refractivity contribution in [2.24, 2.45) is 0 Å². The predicted molar refractivity (Wildman–Crippen MR) is 109 cm³/mol. The normalized spacial score (nSPS) is 20.3. The lowest BCUT2D eigenvalue weighted by atomic mass is 9.91. The van der Waals surface area contributed by atoms with E-state index in [1.54, 1.807) is 29.2 Å². The van der Waals surface area contributed by atoms with E-state index < -0.39 is 17.3 Å². The monoisotopic (exact) mass is 445 g/mol. The molecule has 3 aliphatic rings. The number of nitrogens with zero attached hydrogens (tertiary/aromatic N) is 1. The first-order chi connectivity index (χ1) is 15.2. The summed E-state index contributed by atoms with van der Waals surface area (Å²) >= 11 is 0. The first kappa shape index (κ1) is 21.0. The molecule has 1 saturated heterocycles. The summed E-state index contributed by atoms with van der Waals surface area (Å²) in [7, 11) is 0. The third-order valence-corrected chi connectivity index (χ3v) is 6.33. The number of alkyl halides is 3. The topological polar surface area (TPSA) is 59.0 Å². The zero-order chi connectivity index (χ0) is 22.5. The lowest BCUT2D eigenvalue weighted by Crippen LogP contribution is -2.46. The van der Waals surface area contributed by atoms with Crippen molar-refractivity contribution < 1.29 is 32.5 Å². The minimum absolute atomic E-state index is 0.0667. The number of likely N-dealkylation sites (tertiary alicyclic amines) is 1. The SMILES string of the molecule is O=C(c1ccc(C2(O)COC2)cc1)N1CC2=C(CC(Oc3ccc(C(F)(F)F)cc3)C2)C1. The van der Waals surface area contributed by atoms with Gasteiger partial charge in [0, 0.05) is 31.5 Å². The summed E-state index contributed by atoms with van der Waals surface area (Å²) < 4.78 is 49.0. The van der Waals surface area contributed by atoms with Crippen molar-refractivity contribution in [2.45, 2.75) is 30.7 Å². The maximum Gasteiger partial charge on any atom is 0.416 e. The molecule has 2 aromatic rings. The molecule has 1 N–H and O–H groups in total. The maximum absolute atomic E-state index is 12.9. The quantitative estimate of drug-likeness (QED) is 0.725. The first-order valence-corrected chi connectivity index (χ1v) is 10.4. The Balaban J connectivity index is 1.16. The van der Waals surface area contributed by atoms with Gasteiger partial charge in [-0.2, -0.15) is 13.2 Å². The Kier molecular flexibility index (Phi) is 5.02. The van der Waals surface area contributed by atoms with Crippen molar-refractivity contribution in [1.82, 2.24) is 4.90 Å². The van der Waals surface area contributed by atoms with Gasteiger partial charge in [-0.15, -0.1) is 0 Å². The third kappa shape index (κ3) is 3.89. The van der Waals surface area contributed by atoms with Crippen LogP contribution in [0, 0.1) is 0 Å². The molecule has 0 atom stereocenters. The van der Waals surface area contributed by atoms with Crippen molar-refractivity contribution in [3.05, 3.63) is 76.4 Å². The molecule has 32 heavy (non-hydrogen) atoms. The number of hydrogen-bond donors (Lipinski definition) is 1. The highest BCUT2D eigenvalue weighted by Crippen LogP contribution is 2.37. The number of amides is 1. The molecule has 168 valence electrons. The minimum atomic E-state index is -4.37. The Labute approximate surface area is 183 Å². The van der Waals surface area contributed by atoms with Crippen LogP contribution in [0.2, 0.25) is 0 Å². The van der Waals surface area contributed by atoms with Gasteiger partial charge in [0.25, 0.3) is 5.91 Å². The van der Waals surface area contributed by atoms with E-state index >= 15 is 0 Å². The van der Waals surface area contributed by atoms with Crippen LogP contribution in [0.25, 0.3) is 0 Å². The largest absolute Gasteiger partial charge is 0.490 e. The fourth-order valence-electron chi connectivity index (χ4n) is 4.49. The van der Waals surface area contributed by atoms with Crippen LogP contribution < -0.4 is 4.74 Å². The van der Waals surface area contributed by atoms with Crippen molar-refractivity contribution in [3.63, 3.8) is 0 Å². The number of halogens is 3. The molecule has 0 saturated carbocycles. The second-order valence-corrected chi connectivity index (χ2v) is 8.64. The molecule has 1 fully saturated rings. The van der Waals surface area contributed by atoms with Crippen LogP contribution in [0.3, 0.4) is 0 Å². The summed E-state index contributed by atoms with van der Waals surface area (Å²) in [4.78, 5) is 14.7. The Hall–Kier alpha value is -2.84. The van der Waals surface area contributed by atoms with Gasteiger partial charge in [0.2, 0.25) is 0 Å². The predicted octanol–water partition coefficient (Wildman–Crippen LogP) is 3.92. The highest BCUT2D eigenvalue weighted by Gasteiger charge is 2.38. The van der Waals surface area contributed by atoms with Gasteiger partial charge in [0.05, 0.1) is 18.8 Å². The number of ether oxygens (including phenoxy) is 2. The first-order valence-electron chi connectivity index (χ1n) is 10.4. The van der Waals surface area contributed by atoms with Crippen molar-refractivity contribution in [3.8, 4) is 5.75 Å². The molecule has 8 heteroatoms. The Morgan fingerprint density at radius 3 is 2.09 bits per heavy atom. The number of carbonyl (C=O) groups excluding carboxylic acids is 1. The molecule has 2 aliphatic heterocycles. The van der Waals surface area contributed by atoms with E-state index in [0.717, 1.165) is 28.8 Å².